The van der Waals surface area contributed by atoms with E-state index in [0.29, 0.717) is 0 Å². The summed E-state index contributed by atoms with van der Waals surface area (Å²) < 4.78 is 0. The molecule has 0 aromatic heterocycles. The summed E-state index contributed by atoms with van der Waals surface area (Å²) in [6.07, 6.45) is 11.8. The van der Waals surface area contributed by atoms with E-state index in [-0.39, 0.29) is 22.4 Å². The van der Waals surface area contributed by atoms with Crippen LogP contribution in [0.1, 0.15) is 87.0 Å². The van der Waals surface area contributed by atoms with E-state index >= 15 is 0 Å². The van der Waals surface area contributed by atoms with Crippen molar-refractivity contribution in [2.75, 3.05) is 0 Å². The highest BCUT2D eigenvalue weighted by Gasteiger charge is 2.24. The van der Waals surface area contributed by atoms with E-state index < -0.39 is 0 Å². The van der Waals surface area contributed by atoms with Gasteiger partial charge in [-0.3, -0.25) is 9.59 Å². The second-order valence-electron chi connectivity index (χ2n) is 8.34. The molecule has 0 heterocycles. The van der Waals surface area contributed by atoms with Crippen LogP contribution in [-0.2, 0) is 9.59 Å². The SMILES string of the molecule is C=C/C(CCCC(C)(C)C(C)=O)=C(\C=C/C)CCCC(C)(C)C(C)=O. The molecular weight excluding hydrogens is 308 g/mol. The molecule has 0 aliphatic carbocycles. The lowest BCUT2D eigenvalue weighted by Crippen LogP contribution is -2.21. The zero-order valence-corrected chi connectivity index (χ0v) is 17.5. The Labute approximate surface area is 155 Å². The van der Waals surface area contributed by atoms with Gasteiger partial charge in [0.05, 0.1) is 0 Å². The molecule has 0 bridgehead atoms. The van der Waals surface area contributed by atoms with Crippen LogP contribution in [0.4, 0.5) is 0 Å². The fourth-order valence-electron chi connectivity index (χ4n) is 2.74. The zero-order chi connectivity index (χ0) is 19.7. The maximum absolute atomic E-state index is 11.7. The van der Waals surface area contributed by atoms with Crippen LogP contribution in [-0.4, -0.2) is 11.6 Å². The zero-order valence-electron chi connectivity index (χ0n) is 17.5. The Bertz CT molecular complexity index is 530. The molecule has 0 saturated carbocycles. The fourth-order valence-corrected chi connectivity index (χ4v) is 2.74. The van der Waals surface area contributed by atoms with Crippen LogP contribution in [0.15, 0.2) is 36.0 Å². The molecule has 0 fully saturated rings. The molecule has 0 atom stereocenters. The van der Waals surface area contributed by atoms with Crippen molar-refractivity contribution in [1.82, 2.24) is 0 Å². The number of ketones is 2. The molecule has 0 saturated heterocycles. The number of Topliss-reactive ketones (excluding diaryl/α,β-unsaturated/α-hetero) is 2. The summed E-state index contributed by atoms with van der Waals surface area (Å²) in [5.41, 5.74) is 2.06. The highest BCUT2D eigenvalue weighted by molar-refractivity contribution is 5.81. The van der Waals surface area contributed by atoms with Crippen LogP contribution in [0.3, 0.4) is 0 Å². The predicted octanol–water partition coefficient (Wildman–Crippen LogP) is 6.62. The quantitative estimate of drug-likeness (QED) is 0.372. The van der Waals surface area contributed by atoms with Gasteiger partial charge in [0, 0.05) is 10.8 Å². The van der Waals surface area contributed by atoms with Gasteiger partial charge in [-0.05, 0) is 70.4 Å². The third-order valence-corrected chi connectivity index (χ3v) is 5.43. The average molecular weight is 347 g/mol. The minimum atomic E-state index is -0.251. The second-order valence-corrected chi connectivity index (χ2v) is 8.34. The van der Waals surface area contributed by atoms with Crippen molar-refractivity contribution in [1.29, 1.82) is 0 Å². The Hall–Kier alpha value is -1.44. The molecular formula is C23H38O2. The smallest absolute Gasteiger partial charge is 0.135 e. The van der Waals surface area contributed by atoms with Crippen molar-refractivity contribution < 1.29 is 9.59 Å². The molecule has 0 spiro atoms. The number of allylic oxidation sites excluding steroid dienone is 5. The van der Waals surface area contributed by atoms with E-state index in [1.54, 1.807) is 13.8 Å². The first-order valence-electron chi connectivity index (χ1n) is 9.47. The standard InChI is InChI=1S/C23H38O2/c1-9-13-21(15-12-17-23(7,8)19(4)25)20(10-2)14-11-16-22(5,6)18(3)24/h9-10,13H,2,11-12,14-17H2,1,3-8H3/b13-9-,21-20-. The number of hydrogen-bond donors (Lipinski definition) is 0. The number of hydrogen-bond acceptors (Lipinski definition) is 2. The van der Waals surface area contributed by atoms with Crippen molar-refractivity contribution in [2.45, 2.75) is 87.0 Å². The molecule has 0 radical (unpaired) electrons. The van der Waals surface area contributed by atoms with Gasteiger partial charge in [0.1, 0.15) is 11.6 Å². The topological polar surface area (TPSA) is 34.1 Å². The first kappa shape index (κ1) is 23.6. The van der Waals surface area contributed by atoms with Crippen LogP contribution < -0.4 is 0 Å². The molecule has 2 nitrogen and oxygen atoms in total. The molecule has 142 valence electrons. The maximum Gasteiger partial charge on any atom is 0.135 e. The van der Waals surface area contributed by atoms with E-state index in [9.17, 15) is 9.59 Å². The monoisotopic (exact) mass is 346 g/mol. The van der Waals surface area contributed by atoms with Gasteiger partial charge < -0.3 is 0 Å². The first-order valence-corrected chi connectivity index (χ1v) is 9.47. The maximum atomic E-state index is 11.7. The largest absolute Gasteiger partial charge is 0.299 e. The fraction of sp³-hybridized carbons (Fsp3) is 0.652. The Kier molecular flexibility index (Phi) is 9.92. The van der Waals surface area contributed by atoms with E-state index in [4.69, 9.17) is 0 Å². The molecule has 0 amide bonds. The van der Waals surface area contributed by atoms with Crippen LogP contribution in [0.25, 0.3) is 0 Å². The molecule has 0 rings (SSSR count). The lowest BCUT2D eigenvalue weighted by molar-refractivity contribution is -0.125. The van der Waals surface area contributed by atoms with Gasteiger partial charge in [-0.25, -0.2) is 0 Å². The number of carbonyl (C=O) groups excluding carboxylic acids is 2. The molecule has 0 aliphatic heterocycles. The summed E-state index contributed by atoms with van der Waals surface area (Å²) in [7, 11) is 0. The van der Waals surface area contributed by atoms with Gasteiger partial charge in [0.25, 0.3) is 0 Å². The lowest BCUT2D eigenvalue weighted by atomic mass is 9.81. The molecule has 25 heavy (non-hydrogen) atoms. The van der Waals surface area contributed by atoms with Crippen LogP contribution >= 0.6 is 0 Å². The van der Waals surface area contributed by atoms with Crippen LogP contribution in [0.5, 0.6) is 0 Å². The minimum Gasteiger partial charge on any atom is -0.299 e. The van der Waals surface area contributed by atoms with Crippen LogP contribution in [0.2, 0.25) is 0 Å². The third kappa shape index (κ3) is 8.47. The van der Waals surface area contributed by atoms with Crippen molar-refractivity contribution in [3.8, 4) is 0 Å². The molecule has 0 aromatic rings. The van der Waals surface area contributed by atoms with Crippen molar-refractivity contribution in [3.05, 3.63) is 36.0 Å². The molecule has 2 heteroatoms. The normalized spacial score (nSPS) is 13.7. The summed E-state index contributed by atoms with van der Waals surface area (Å²) in [6, 6.07) is 0. The van der Waals surface area contributed by atoms with Crippen molar-refractivity contribution in [2.24, 2.45) is 10.8 Å². The van der Waals surface area contributed by atoms with Gasteiger partial charge in [0.2, 0.25) is 0 Å². The van der Waals surface area contributed by atoms with E-state index in [2.05, 4.69) is 18.7 Å². The number of carbonyl (C=O) groups is 2. The van der Waals surface area contributed by atoms with Gasteiger partial charge >= 0.3 is 0 Å². The Balaban J connectivity index is 4.93. The van der Waals surface area contributed by atoms with Gasteiger partial charge in [-0.15, -0.1) is 0 Å². The highest BCUT2D eigenvalue weighted by Crippen LogP contribution is 2.29. The first-order chi connectivity index (χ1) is 11.5. The molecule has 0 unspecified atom stereocenters. The lowest BCUT2D eigenvalue weighted by Gasteiger charge is -2.22. The van der Waals surface area contributed by atoms with Gasteiger partial charge in [-0.1, -0.05) is 52.5 Å². The Morgan fingerprint density at radius 3 is 1.56 bits per heavy atom. The Morgan fingerprint density at radius 2 is 1.24 bits per heavy atom. The summed E-state index contributed by atoms with van der Waals surface area (Å²) >= 11 is 0. The Morgan fingerprint density at radius 1 is 0.840 bits per heavy atom. The van der Waals surface area contributed by atoms with Crippen molar-refractivity contribution >= 4 is 11.6 Å². The van der Waals surface area contributed by atoms with Gasteiger partial charge in [-0.2, -0.15) is 0 Å². The highest BCUT2D eigenvalue weighted by atomic mass is 16.1. The summed E-state index contributed by atoms with van der Waals surface area (Å²) in [4.78, 5) is 23.3. The number of rotatable bonds is 12. The second kappa shape index (κ2) is 10.5. The summed E-state index contributed by atoms with van der Waals surface area (Å²) in [5.74, 6) is 0.497. The third-order valence-electron chi connectivity index (χ3n) is 5.43. The molecule has 0 N–H and O–H groups in total. The van der Waals surface area contributed by atoms with E-state index in [1.807, 2.05) is 40.7 Å². The van der Waals surface area contributed by atoms with Crippen molar-refractivity contribution in [3.63, 3.8) is 0 Å². The minimum absolute atomic E-state index is 0.247. The molecule has 0 aromatic carbocycles. The van der Waals surface area contributed by atoms with E-state index in [1.165, 1.54) is 11.1 Å². The van der Waals surface area contributed by atoms with E-state index in [0.717, 1.165) is 38.5 Å². The van der Waals surface area contributed by atoms with Crippen LogP contribution in [0, 0.1) is 10.8 Å². The average Bonchev–Trinajstić information content (AvgIpc) is 2.50. The summed E-state index contributed by atoms with van der Waals surface area (Å²) in [5, 5.41) is 0. The predicted molar refractivity (Wildman–Crippen MR) is 109 cm³/mol. The van der Waals surface area contributed by atoms with Gasteiger partial charge in [0.15, 0.2) is 0 Å². The molecule has 0 aliphatic rings. The summed E-state index contributed by atoms with van der Waals surface area (Å²) in [6.45, 7) is 17.4.